The summed E-state index contributed by atoms with van der Waals surface area (Å²) < 4.78 is 15.9. The maximum absolute atomic E-state index is 10.3. The van der Waals surface area contributed by atoms with Crippen LogP contribution < -0.4 is 14.9 Å². The van der Waals surface area contributed by atoms with Gasteiger partial charge in [-0.05, 0) is 33.8 Å². The largest absolute Gasteiger partial charge is 0.497 e. The van der Waals surface area contributed by atoms with Crippen LogP contribution in [0.3, 0.4) is 0 Å². The number of hydrogen-bond donors (Lipinski definition) is 2. The van der Waals surface area contributed by atoms with E-state index < -0.39 is 18.3 Å². The molecule has 0 atom stereocenters. The second-order valence-corrected chi connectivity index (χ2v) is 6.18. The molecule has 0 spiro atoms. The molecule has 21 heavy (non-hydrogen) atoms. The number of benzene rings is 1. The van der Waals surface area contributed by atoms with Crippen LogP contribution in [0.4, 0.5) is 0 Å². The fraction of sp³-hybridized carbons (Fsp3) is 0.571. The van der Waals surface area contributed by atoms with Crippen molar-refractivity contribution in [3.63, 3.8) is 0 Å². The average molecular weight is 317 g/mol. The Morgan fingerprint density at radius 1 is 1.05 bits per heavy atom. The van der Waals surface area contributed by atoms with Gasteiger partial charge in [0.25, 0.3) is 0 Å². The van der Waals surface area contributed by atoms with Crippen molar-refractivity contribution < 1.29 is 24.3 Å². The lowest BCUT2D eigenvalue weighted by Crippen LogP contribution is -2.53. The molecule has 1 rings (SSSR count). The third-order valence-electron chi connectivity index (χ3n) is 3.65. The van der Waals surface area contributed by atoms with Gasteiger partial charge in [0.1, 0.15) is 11.5 Å². The van der Waals surface area contributed by atoms with E-state index in [2.05, 4.69) is 0 Å². The highest BCUT2D eigenvalue weighted by atomic mass is 35.5. The molecule has 0 aliphatic heterocycles. The highest BCUT2D eigenvalue weighted by Gasteiger charge is 2.40. The van der Waals surface area contributed by atoms with E-state index in [1.165, 1.54) is 20.3 Å². The smallest absolute Gasteiger partial charge is 0.495 e. The Morgan fingerprint density at radius 3 is 2.00 bits per heavy atom. The highest BCUT2D eigenvalue weighted by Crippen LogP contribution is 2.29. The van der Waals surface area contributed by atoms with Gasteiger partial charge in [0.15, 0.2) is 0 Å². The molecule has 0 aliphatic rings. The molecule has 0 fully saturated rings. The average Bonchev–Trinajstić information content (AvgIpc) is 2.36. The van der Waals surface area contributed by atoms with Gasteiger partial charge in [0, 0.05) is 11.5 Å². The fourth-order valence-electron chi connectivity index (χ4n) is 1.56. The second kappa shape index (κ2) is 6.44. The molecular formula is C14H22BClO5. The van der Waals surface area contributed by atoms with Crippen molar-refractivity contribution in [1.29, 1.82) is 0 Å². The molecule has 2 N–H and O–H groups in total. The van der Waals surface area contributed by atoms with Gasteiger partial charge in [0.05, 0.1) is 30.4 Å². The lowest BCUT2D eigenvalue weighted by Gasteiger charge is -2.38. The topological polar surface area (TPSA) is 68.2 Å². The van der Waals surface area contributed by atoms with Crippen molar-refractivity contribution in [2.24, 2.45) is 0 Å². The van der Waals surface area contributed by atoms with Gasteiger partial charge in [-0.2, -0.15) is 0 Å². The molecule has 1 aromatic rings. The first kappa shape index (κ1) is 18.1. The first-order chi connectivity index (χ1) is 9.53. The summed E-state index contributed by atoms with van der Waals surface area (Å²) in [5.41, 5.74) is -1.76. The molecule has 0 saturated heterocycles. The summed E-state index contributed by atoms with van der Waals surface area (Å²) >= 11 is 6.07. The van der Waals surface area contributed by atoms with Crippen LogP contribution in [-0.4, -0.2) is 42.7 Å². The van der Waals surface area contributed by atoms with E-state index in [9.17, 15) is 10.1 Å². The molecule has 0 bridgehead atoms. The fourth-order valence-corrected chi connectivity index (χ4v) is 1.81. The van der Waals surface area contributed by atoms with E-state index in [4.69, 9.17) is 25.7 Å². The van der Waals surface area contributed by atoms with Gasteiger partial charge in [-0.25, -0.2) is 0 Å². The Hall–Kier alpha value is -0.945. The molecule has 0 aromatic heterocycles. The van der Waals surface area contributed by atoms with E-state index in [0.29, 0.717) is 22.0 Å². The van der Waals surface area contributed by atoms with Crippen LogP contribution in [-0.2, 0) is 4.65 Å². The zero-order valence-corrected chi connectivity index (χ0v) is 14.0. The van der Waals surface area contributed by atoms with Crippen LogP contribution in [0.15, 0.2) is 12.1 Å². The van der Waals surface area contributed by atoms with Crippen molar-refractivity contribution >= 4 is 24.2 Å². The van der Waals surface area contributed by atoms with Crippen LogP contribution >= 0.6 is 11.6 Å². The lowest BCUT2D eigenvalue weighted by atomic mass is 9.76. The minimum atomic E-state index is -1.30. The van der Waals surface area contributed by atoms with Crippen LogP contribution in [0.1, 0.15) is 27.7 Å². The maximum Gasteiger partial charge on any atom is 0.495 e. The van der Waals surface area contributed by atoms with Crippen LogP contribution in [0.5, 0.6) is 11.5 Å². The van der Waals surface area contributed by atoms with Gasteiger partial charge in [-0.15, -0.1) is 0 Å². The summed E-state index contributed by atoms with van der Waals surface area (Å²) in [6, 6.07) is 3.09. The van der Waals surface area contributed by atoms with E-state index >= 15 is 0 Å². The first-order valence-corrected chi connectivity index (χ1v) is 6.91. The highest BCUT2D eigenvalue weighted by molar-refractivity contribution is 6.61. The summed E-state index contributed by atoms with van der Waals surface area (Å²) in [5, 5.41) is 20.7. The maximum atomic E-state index is 10.3. The Balaban J connectivity index is 3.13. The summed E-state index contributed by atoms with van der Waals surface area (Å²) in [6.07, 6.45) is 0. The zero-order valence-electron chi connectivity index (χ0n) is 13.2. The predicted octanol–water partition coefficient (Wildman–Crippen LogP) is 1.61. The van der Waals surface area contributed by atoms with Crippen LogP contribution in [0, 0.1) is 0 Å². The molecule has 7 heteroatoms. The molecule has 0 heterocycles. The lowest BCUT2D eigenvalue weighted by molar-refractivity contribution is -0.0983. The first-order valence-electron chi connectivity index (χ1n) is 6.53. The summed E-state index contributed by atoms with van der Waals surface area (Å²) in [6.45, 7) is 6.59. The number of ether oxygens (including phenoxy) is 2. The SMILES string of the molecule is COc1cc(OC)c(B(O)OC(C)(C)C(C)(C)O)cc1Cl. The predicted molar refractivity (Wildman–Crippen MR) is 83.6 cm³/mol. The molecule has 118 valence electrons. The Morgan fingerprint density at radius 2 is 1.57 bits per heavy atom. The van der Waals surface area contributed by atoms with Crippen LogP contribution in [0.2, 0.25) is 5.02 Å². The summed E-state index contributed by atoms with van der Waals surface area (Å²) in [5.74, 6) is 0.821. The second-order valence-electron chi connectivity index (χ2n) is 5.77. The molecular weight excluding hydrogens is 294 g/mol. The normalized spacial score (nSPS) is 12.2. The quantitative estimate of drug-likeness (QED) is 0.781. The number of methoxy groups -OCH3 is 2. The Bertz CT molecular complexity index is 499. The molecule has 0 unspecified atom stereocenters. The van der Waals surface area contributed by atoms with Crippen molar-refractivity contribution in [2.45, 2.75) is 38.9 Å². The van der Waals surface area contributed by atoms with Gasteiger partial charge >= 0.3 is 7.12 Å². The number of hydrogen-bond acceptors (Lipinski definition) is 5. The third kappa shape index (κ3) is 4.04. The minimum absolute atomic E-state index is 0.331. The number of halogens is 1. The van der Waals surface area contributed by atoms with E-state index in [0.717, 1.165) is 0 Å². The molecule has 0 aliphatic carbocycles. The van der Waals surface area contributed by atoms with Crippen LogP contribution in [0.25, 0.3) is 0 Å². The monoisotopic (exact) mass is 316 g/mol. The van der Waals surface area contributed by atoms with Crippen molar-refractivity contribution in [1.82, 2.24) is 0 Å². The van der Waals surface area contributed by atoms with Crippen molar-refractivity contribution in [3.8, 4) is 11.5 Å². The van der Waals surface area contributed by atoms with Gasteiger partial charge < -0.3 is 24.3 Å². The molecule has 0 radical (unpaired) electrons. The molecule has 1 aromatic carbocycles. The third-order valence-corrected chi connectivity index (χ3v) is 3.95. The summed E-state index contributed by atoms with van der Waals surface area (Å²) in [4.78, 5) is 0. The van der Waals surface area contributed by atoms with E-state index in [1.54, 1.807) is 33.8 Å². The summed E-state index contributed by atoms with van der Waals surface area (Å²) in [7, 11) is 1.66. The van der Waals surface area contributed by atoms with E-state index in [-0.39, 0.29) is 0 Å². The number of rotatable bonds is 6. The van der Waals surface area contributed by atoms with Gasteiger partial charge in [-0.1, -0.05) is 11.6 Å². The van der Waals surface area contributed by atoms with Gasteiger partial charge in [-0.3, -0.25) is 0 Å². The molecule has 0 saturated carbocycles. The Kier molecular flexibility index (Phi) is 5.55. The Labute approximate surface area is 130 Å². The minimum Gasteiger partial charge on any atom is -0.497 e. The number of aliphatic hydroxyl groups is 1. The van der Waals surface area contributed by atoms with E-state index in [1.807, 2.05) is 0 Å². The van der Waals surface area contributed by atoms with Crippen molar-refractivity contribution in [2.75, 3.05) is 14.2 Å². The molecule has 5 nitrogen and oxygen atoms in total. The van der Waals surface area contributed by atoms with Crippen molar-refractivity contribution in [3.05, 3.63) is 17.2 Å². The van der Waals surface area contributed by atoms with Gasteiger partial charge in [0.2, 0.25) is 0 Å². The zero-order chi connectivity index (χ0) is 16.4. The standard InChI is InChI=1S/C14H22BClO5/c1-13(2,17)14(3,4)21-15(18)9-7-10(16)12(20-6)8-11(9)19-5/h7-8,17-18H,1-6H3. The molecule has 0 amide bonds.